The predicted molar refractivity (Wildman–Crippen MR) is 115 cm³/mol. The molecule has 0 amide bonds. The van der Waals surface area contributed by atoms with Crippen molar-refractivity contribution >= 4 is 33.1 Å². The van der Waals surface area contributed by atoms with Gasteiger partial charge in [-0.1, -0.05) is 36.0 Å². The summed E-state index contributed by atoms with van der Waals surface area (Å²) in [6, 6.07) is 28.2. The first kappa shape index (κ1) is 20.8. The molecule has 0 aliphatic heterocycles. The van der Waals surface area contributed by atoms with E-state index in [0.29, 0.717) is 22.1 Å². The van der Waals surface area contributed by atoms with Gasteiger partial charge < -0.3 is 18.7 Å². The zero-order chi connectivity index (χ0) is 20.5. The maximum Gasteiger partial charge on any atom is 0.242 e. The molecular weight excluding hydrogens is 567 g/mol. The van der Waals surface area contributed by atoms with E-state index >= 15 is 0 Å². The van der Waals surface area contributed by atoms with Crippen LogP contribution < -0.4 is 4.57 Å². The van der Waals surface area contributed by atoms with Crippen molar-refractivity contribution in [3.05, 3.63) is 97.5 Å². The minimum Gasteiger partial charge on any atom is -0.507 e. The summed E-state index contributed by atoms with van der Waals surface area (Å²) < 4.78 is 9.53. The Hall–Kier alpha value is -3.47. The summed E-state index contributed by atoms with van der Waals surface area (Å²) in [6.45, 7) is 0. The van der Waals surface area contributed by atoms with Gasteiger partial charge in [-0.05, 0) is 24.3 Å². The first-order chi connectivity index (χ1) is 14.7. The summed E-state index contributed by atoms with van der Waals surface area (Å²) in [5, 5.41) is 10.3. The van der Waals surface area contributed by atoms with E-state index < -0.39 is 0 Å². The number of phenolic OH excluding ortho intramolecular Hbond substituents is 1. The van der Waals surface area contributed by atoms with Crippen molar-refractivity contribution in [2.45, 2.75) is 0 Å². The molecule has 0 unspecified atom stereocenters. The average Bonchev–Trinajstić information content (AvgIpc) is 3.34. The molecule has 31 heavy (non-hydrogen) atoms. The van der Waals surface area contributed by atoms with Gasteiger partial charge in [0.15, 0.2) is 5.58 Å². The molecule has 0 spiro atoms. The summed E-state index contributed by atoms with van der Waals surface area (Å²) in [5.74, 6) is 0.208. The number of furan rings is 1. The van der Waals surface area contributed by atoms with Crippen LogP contribution in [0.5, 0.6) is 5.75 Å². The molecule has 6 heteroatoms. The Morgan fingerprint density at radius 1 is 0.935 bits per heavy atom. The number of rotatable bonds is 1. The zero-order valence-electron chi connectivity index (χ0n) is 16.6. The standard InChI is InChI=1S/C14H11N2.C11H7NO2.Ir/c1-15-11-16(12-7-3-2-4-8-12)14-10-6-5-9-13(14)15;13-7-3-1-4-8-10(7)11-9(14-8)5-2-6-12-11;/h2-7,9-10H,1H3;1-6,13H;/q-1;;. The van der Waals surface area contributed by atoms with E-state index in [-0.39, 0.29) is 25.9 Å². The zero-order valence-corrected chi connectivity index (χ0v) is 19.0. The number of aryl methyl sites for hydroxylation is 1. The Morgan fingerprint density at radius 3 is 2.58 bits per heavy atom. The van der Waals surface area contributed by atoms with E-state index in [0.717, 1.165) is 11.2 Å². The van der Waals surface area contributed by atoms with Gasteiger partial charge in [0.1, 0.15) is 16.8 Å². The van der Waals surface area contributed by atoms with Gasteiger partial charge in [0.25, 0.3) is 0 Å². The van der Waals surface area contributed by atoms with Crippen LogP contribution in [0, 0.1) is 12.4 Å². The number of benzene rings is 3. The van der Waals surface area contributed by atoms with Gasteiger partial charge in [-0.2, -0.15) is 30.3 Å². The largest absolute Gasteiger partial charge is 0.507 e. The first-order valence-corrected chi connectivity index (χ1v) is 9.53. The number of imidazole rings is 1. The molecule has 3 aromatic heterocycles. The summed E-state index contributed by atoms with van der Waals surface area (Å²) in [7, 11) is 2.00. The fraction of sp³-hybridized carbons (Fsp3) is 0.0400. The van der Waals surface area contributed by atoms with Gasteiger partial charge in [0, 0.05) is 26.3 Å². The van der Waals surface area contributed by atoms with Crippen molar-refractivity contribution in [2.75, 3.05) is 0 Å². The van der Waals surface area contributed by atoms with Crippen LogP contribution in [-0.2, 0) is 27.2 Å². The van der Waals surface area contributed by atoms with Gasteiger partial charge in [-0.3, -0.25) is 4.98 Å². The fourth-order valence-electron chi connectivity index (χ4n) is 3.52. The van der Waals surface area contributed by atoms with Crippen molar-refractivity contribution in [3.63, 3.8) is 0 Å². The summed E-state index contributed by atoms with van der Waals surface area (Å²) >= 11 is 0. The third kappa shape index (κ3) is 3.83. The van der Waals surface area contributed by atoms with E-state index in [1.807, 2.05) is 70.8 Å². The molecule has 155 valence electrons. The first-order valence-electron chi connectivity index (χ1n) is 9.53. The molecular formula is C25H18IrN3O2-. The van der Waals surface area contributed by atoms with E-state index in [4.69, 9.17) is 4.42 Å². The molecule has 0 saturated heterocycles. The van der Waals surface area contributed by atoms with Crippen molar-refractivity contribution in [2.24, 2.45) is 7.05 Å². The summed E-state index contributed by atoms with van der Waals surface area (Å²) in [4.78, 5) is 4.18. The van der Waals surface area contributed by atoms with Crippen LogP contribution in [-0.4, -0.2) is 14.7 Å². The fourth-order valence-corrected chi connectivity index (χ4v) is 3.52. The van der Waals surface area contributed by atoms with E-state index in [1.165, 1.54) is 5.52 Å². The molecule has 0 aliphatic rings. The van der Waals surface area contributed by atoms with Crippen molar-refractivity contribution in [1.82, 2.24) is 9.55 Å². The number of phenols is 1. The van der Waals surface area contributed by atoms with Crippen molar-refractivity contribution < 1.29 is 34.2 Å². The van der Waals surface area contributed by atoms with Crippen LogP contribution in [0.1, 0.15) is 0 Å². The smallest absolute Gasteiger partial charge is 0.242 e. The van der Waals surface area contributed by atoms with Crippen LogP contribution in [0.3, 0.4) is 0 Å². The molecule has 6 aromatic rings. The van der Waals surface area contributed by atoms with E-state index in [9.17, 15) is 5.11 Å². The Labute approximate surface area is 192 Å². The second-order valence-corrected chi connectivity index (χ2v) is 6.83. The molecule has 1 radical (unpaired) electrons. The van der Waals surface area contributed by atoms with E-state index in [2.05, 4.69) is 29.5 Å². The normalized spacial score (nSPS) is 10.6. The second-order valence-electron chi connectivity index (χ2n) is 6.83. The van der Waals surface area contributed by atoms with Crippen LogP contribution >= 0.6 is 0 Å². The molecule has 6 rings (SSSR count). The Balaban J connectivity index is 0.000000146. The van der Waals surface area contributed by atoms with Gasteiger partial charge in [-0.25, -0.2) is 0 Å². The Kier molecular flexibility index (Phi) is 5.85. The Bertz CT molecular complexity index is 1470. The van der Waals surface area contributed by atoms with E-state index in [1.54, 1.807) is 18.3 Å². The minimum atomic E-state index is 0. The maximum absolute atomic E-state index is 9.66. The monoisotopic (exact) mass is 585 g/mol. The molecule has 0 atom stereocenters. The molecule has 1 N–H and O–H groups in total. The molecule has 0 saturated carbocycles. The second kappa shape index (κ2) is 8.72. The average molecular weight is 585 g/mol. The predicted octanol–water partition coefficient (Wildman–Crippen LogP) is 4.74. The van der Waals surface area contributed by atoms with Crippen LogP contribution in [0.4, 0.5) is 0 Å². The number of hydrogen-bond donors (Lipinski definition) is 1. The SMILES string of the molecule is C[n+]1[c-]n(-c2[c-]cccc2)c2ccccc21.Oc1cccc2oc3cccnc3c12.[Ir]. The number of pyridine rings is 1. The number of hydrogen-bond acceptors (Lipinski definition) is 3. The maximum atomic E-state index is 9.66. The molecule has 0 bridgehead atoms. The topological polar surface area (TPSA) is 55.1 Å². The molecule has 5 nitrogen and oxygen atoms in total. The number of nitrogens with zero attached hydrogens (tertiary/aromatic N) is 3. The molecule has 3 aromatic carbocycles. The Morgan fingerprint density at radius 2 is 1.74 bits per heavy atom. The third-order valence-corrected chi connectivity index (χ3v) is 4.90. The summed E-state index contributed by atoms with van der Waals surface area (Å²) in [5.41, 5.74) is 5.40. The minimum absolute atomic E-state index is 0. The van der Waals surface area contributed by atoms with Gasteiger partial charge in [-0.15, -0.1) is 0 Å². The third-order valence-electron chi connectivity index (χ3n) is 4.90. The van der Waals surface area contributed by atoms with Gasteiger partial charge in [0.05, 0.1) is 23.5 Å². The van der Waals surface area contributed by atoms with Crippen LogP contribution in [0.2, 0.25) is 0 Å². The van der Waals surface area contributed by atoms with Gasteiger partial charge >= 0.3 is 0 Å². The van der Waals surface area contributed by atoms with Crippen LogP contribution in [0.15, 0.2) is 89.5 Å². The number of para-hydroxylation sites is 3. The molecule has 0 aliphatic carbocycles. The van der Waals surface area contributed by atoms with Crippen molar-refractivity contribution in [1.29, 1.82) is 0 Å². The number of aromatic hydroxyl groups is 1. The molecule has 0 fully saturated rings. The van der Waals surface area contributed by atoms with Crippen molar-refractivity contribution in [3.8, 4) is 11.4 Å². The quantitative estimate of drug-likeness (QED) is 0.225. The van der Waals surface area contributed by atoms with Crippen LogP contribution in [0.25, 0.3) is 38.8 Å². The number of aromatic nitrogens is 3. The molecule has 3 heterocycles. The number of fused-ring (bicyclic) bond motifs is 4. The summed E-state index contributed by atoms with van der Waals surface area (Å²) in [6.07, 6.45) is 4.96. The van der Waals surface area contributed by atoms with Gasteiger partial charge in [0.2, 0.25) is 6.33 Å².